The van der Waals surface area contributed by atoms with Crippen LogP contribution in [0.2, 0.25) is 0 Å². The Morgan fingerprint density at radius 1 is 0.394 bits per heavy atom. The second-order valence-corrected chi connectivity index (χ2v) is 33.4. The molecule has 0 amide bonds. The van der Waals surface area contributed by atoms with E-state index in [9.17, 15) is 30.0 Å². The molecule has 14 aromatic rings. The minimum absolute atomic E-state index is 0.0137. The normalized spacial score (nSPS) is 17.1. The Hall–Kier alpha value is -17.3. The van der Waals surface area contributed by atoms with E-state index < -0.39 is 24.4 Å². The van der Waals surface area contributed by atoms with E-state index in [1.165, 1.54) is 19.1 Å². The number of anilines is 6. The molecule has 1 fully saturated rings. The highest BCUT2D eigenvalue weighted by atomic mass is 16.5. The number of aromatic nitrogens is 8. The molecule has 10 aromatic carbocycles. The minimum atomic E-state index is -1.42. The van der Waals surface area contributed by atoms with Gasteiger partial charge in [0.15, 0.2) is 23.6 Å². The molecule has 10 heterocycles. The number of amidine groups is 4. The zero-order valence-electron chi connectivity index (χ0n) is 80.7. The van der Waals surface area contributed by atoms with Crippen molar-refractivity contribution in [3.63, 3.8) is 0 Å². The van der Waals surface area contributed by atoms with Crippen LogP contribution in [-0.2, 0) is 25.5 Å². The van der Waals surface area contributed by atoms with Gasteiger partial charge in [-0.2, -0.15) is 0 Å². The van der Waals surface area contributed by atoms with Crippen LogP contribution in [0.15, 0.2) is 247 Å². The number of para-hydroxylation sites is 9. The fourth-order valence-corrected chi connectivity index (χ4v) is 17.8. The van der Waals surface area contributed by atoms with Crippen LogP contribution in [-0.4, -0.2) is 232 Å². The van der Waals surface area contributed by atoms with Crippen molar-refractivity contribution in [1.82, 2.24) is 45.2 Å². The van der Waals surface area contributed by atoms with Crippen LogP contribution in [0.5, 0.6) is 57.5 Å². The number of ether oxygens (including phenoxy) is 12. The molecule has 20 rings (SSSR count). The van der Waals surface area contributed by atoms with Gasteiger partial charge in [-0.1, -0.05) is 80.6 Å². The lowest BCUT2D eigenvalue weighted by molar-refractivity contribution is -0.116. The molecular weight excluding hydrogens is 1820 g/mol. The number of aromatic amines is 4. The van der Waals surface area contributed by atoms with Crippen LogP contribution in [0.25, 0.3) is 66.4 Å². The van der Waals surface area contributed by atoms with Crippen molar-refractivity contribution in [1.29, 1.82) is 21.6 Å². The Morgan fingerprint density at radius 2 is 0.725 bits per heavy atom. The second-order valence-electron chi connectivity index (χ2n) is 33.4. The smallest absolute Gasteiger partial charge is 0.192 e. The maximum atomic E-state index is 13.5. The van der Waals surface area contributed by atoms with Crippen LogP contribution in [0.3, 0.4) is 0 Å². The van der Waals surface area contributed by atoms with E-state index >= 15 is 0 Å². The number of ketones is 2. The van der Waals surface area contributed by atoms with Gasteiger partial charge in [-0.05, 0) is 72.5 Å². The summed E-state index contributed by atoms with van der Waals surface area (Å²) in [6, 6.07) is 63.5. The van der Waals surface area contributed by atoms with Crippen molar-refractivity contribution in [3.05, 3.63) is 276 Å². The van der Waals surface area contributed by atoms with E-state index in [0.717, 1.165) is 61.3 Å². The molecule has 37 nitrogen and oxygen atoms in total. The number of aliphatic hydroxyl groups is 4. The van der Waals surface area contributed by atoms with Crippen LogP contribution in [0.4, 0.5) is 34.1 Å². The average Bonchev–Trinajstić information content (AvgIpc) is 1.62. The van der Waals surface area contributed by atoms with Crippen molar-refractivity contribution in [2.75, 3.05) is 142 Å². The molecule has 14 N–H and O–H groups in total. The monoisotopic (exact) mass is 1920 g/mol. The number of carbonyl (C=O) groups excluding carboxylic acids is 2. The Kier molecular flexibility index (Phi) is 29.1. The van der Waals surface area contributed by atoms with E-state index in [-0.39, 0.29) is 76.8 Å². The summed E-state index contributed by atoms with van der Waals surface area (Å²) in [5.74, 6) is 8.54. The van der Waals surface area contributed by atoms with E-state index in [2.05, 4.69) is 50.5 Å². The highest BCUT2D eigenvalue weighted by Crippen LogP contribution is 2.46. The maximum Gasteiger partial charge on any atom is 0.192 e. The number of fused-ring (bicyclic) bond motifs is 5. The summed E-state index contributed by atoms with van der Waals surface area (Å²) in [4.78, 5) is 65.6. The number of rotatable bonds is 26. The van der Waals surface area contributed by atoms with E-state index in [1.54, 1.807) is 147 Å². The Balaban J connectivity index is 0.000000128. The first kappa shape index (κ1) is 97.8. The minimum Gasteiger partial charge on any atom is -0.509 e. The summed E-state index contributed by atoms with van der Waals surface area (Å²) in [7, 11) is 20.6. The van der Waals surface area contributed by atoms with Gasteiger partial charge in [-0.15, -0.1) is 0 Å². The molecule has 0 aliphatic carbocycles. The number of H-pyrrole nitrogens is 4. The molecular formula is C105H109N19O18. The van der Waals surface area contributed by atoms with Gasteiger partial charge in [-0.3, -0.25) is 36.1 Å². The molecule has 37 heteroatoms. The number of aliphatic hydroxyl groups excluding tert-OH is 4. The zero-order valence-corrected chi connectivity index (χ0v) is 80.7. The number of hydrogen-bond donors (Lipinski definition) is 14. The van der Waals surface area contributed by atoms with Crippen molar-refractivity contribution in [2.45, 2.75) is 51.0 Å². The Labute approximate surface area is 816 Å². The number of hydrogen-bond acceptors (Lipinski definition) is 29. The number of imidazole rings is 4. The molecule has 4 atom stereocenters. The predicted molar refractivity (Wildman–Crippen MR) is 546 cm³/mol. The summed E-state index contributed by atoms with van der Waals surface area (Å²) in [5.41, 5.74) is 14.4. The Bertz CT molecular complexity index is 7100. The number of nitrogens with zero attached hydrogens (tertiary/aromatic N) is 9. The van der Waals surface area contributed by atoms with Gasteiger partial charge in [0, 0.05) is 137 Å². The summed E-state index contributed by atoms with van der Waals surface area (Å²) >= 11 is 0. The van der Waals surface area contributed by atoms with Gasteiger partial charge in [0.25, 0.3) is 0 Å². The van der Waals surface area contributed by atoms with Gasteiger partial charge in [-0.25, -0.2) is 19.9 Å². The summed E-state index contributed by atoms with van der Waals surface area (Å²) in [5, 5.41) is 84.9. The first-order chi connectivity index (χ1) is 68.7. The van der Waals surface area contributed by atoms with Crippen LogP contribution in [0.1, 0.15) is 49.1 Å². The number of benzene rings is 10. The van der Waals surface area contributed by atoms with Crippen molar-refractivity contribution >= 4 is 135 Å². The molecule has 0 spiro atoms. The molecule has 1 saturated heterocycles. The first-order valence-corrected chi connectivity index (χ1v) is 45.0. The van der Waals surface area contributed by atoms with E-state index in [1.807, 2.05) is 176 Å². The third-order valence-electron chi connectivity index (χ3n) is 24.7. The molecule has 0 saturated carbocycles. The van der Waals surface area contributed by atoms with Gasteiger partial charge >= 0.3 is 0 Å². The summed E-state index contributed by atoms with van der Waals surface area (Å²) < 4.78 is 64.1. The quantitative estimate of drug-likeness (QED) is 0.0224. The van der Waals surface area contributed by atoms with E-state index in [4.69, 9.17) is 78.5 Å². The molecule has 732 valence electrons. The Morgan fingerprint density at radius 3 is 1.10 bits per heavy atom. The number of Topliss-reactive ketones (excluding diaryl/α,β-unsaturated/α-hetero) is 2. The lowest BCUT2D eigenvalue weighted by atomic mass is 10.0. The molecule has 142 heavy (non-hydrogen) atoms. The third kappa shape index (κ3) is 19.3. The highest BCUT2D eigenvalue weighted by Gasteiger charge is 2.47. The highest BCUT2D eigenvalue weighted by molar-refractivity contribution is 6.36. The fraction of sp³-hybridized carbons (Fsp3) is 0.238. The first-order valence-electron chi connectivity index (χ1n) is 45.0. The summed E-state index contributed by atoms with van der Waals surface area (Å²) in [6.07, 6.45) is -0.343. The number of nitrogens with one attached hydrogen (secondary N) is 10. The summed E-state index contributed by atoms with van der Waals surface area (Å²) in [6.45, 7) is 4.84. The van der Waals surface area contributed by atoms with Gasteiger partial charge < -0.3 is 127 Å². The third-order valence-corrected chi connectivity index (χ3v) is 24.7. The van der Waals surface area contributed by atoms with Crippen LogP contribution in [0, 0.1) is 27.6 Å². The lowest BCUT2D eigenvalue weighted by Gasteiger charge is -2.30. The van der Waals surface area contributed by atoms with Gasteiger partial charge in [0.05, 0.1) is 180 Å². The number of allylic oxidation sites excluding steroid dienone is 1. The molecule has 4 aromatic heterocycles. The van der Waals surface area contributed by atoms with Crippen LogP contribution < -0.4 is 82.5 Å². The molecule has 4 unspecified atom stereocenters. The SMILES string of the molecule is CNC1=C(c2nc3ccccc3[nH]2)C(=O)CN1c1cc(OC)cc(OC)c1.COCC1C(O)=C(c2nc3ccccc3[nH]2)C(=N)N1c1cc(OC)cc(OC)c1.COCCC1C(=O)C(=C2Cc3ccccc3N2)C(=N)N1c1cc(OC)cc(OC)c1.COc1cc(OC)cc(N2C(=N)C(c3nc4ccccc4[nH]3)=C(O)C2C(C)C)c1.COc1cc(OC)cc(N2C(=N)C(c3nc4ccccc4[nH]3)=C(O)C2O)c1. The number of methoxy groups -OCH3 is 12. The predicted octanol–water partition coefficient (Wildman–Crippen LogP) is 16.4. The molecule has 6 aliphatic rings. The van der Waals surface area contributed by atoms with Crippen molar-refractivity contribution < 1.29 is 86.9 Å². The van der Waals surface area contributed by atoms with E-state index in [0.29, 0.717) is 157 Å². The second kappa shape index (κ2) is 42.3. The molecule has 0 bridgehead atoms. The number of carbonyl (C=O) groups is 2. The van der Waals surface area contributed by atoms with Crippen molar-refractivity contribution in [3.8, 4) is 57.5 Å². The topological polar surface area (TPSA) is 476 Å². The molecule has 6 aliphatic heterocycles. The standard InChI is InChI=1S/C23H25N3O4.C22H24N4O3.C21H22N4O4.C20H20N4O3.C19H18N4O4/c1-28-9-8-20-22(27)21(19-10-14-6-4-5-7-18(14)25-19)23(24)26(20)15-11-16(29-2)13-17(12-15)30-3;1-12(2)19-20(27)18(22-24-16-7-5-6-8-17(16)25-22)21(23)26(19)13-9-14(28-3)11-15(10-13)29-4;1-27-11-17-19(26)18(21-23-15-6-4-5-7-16(15)24-21)20(22)25(17)12-8-13(28-2)10-14(9-12)29-3;1-21-20-18(19-22-15-6-4-5-7-16(15)23-19)17(25)11-24(20)12-8-13(26-2)10-14(9-12)27-3;1-26-11-7-10(8-12(9-11)27-2)23-17(20)15(16(24)19(23)25)18-21-13-5-3-4-6-14(13)22-18/h4-7,11-13,20,24-25H,8-10H2,1-3H3;5-12,19,23,27H,1-4H3,(H,24,25);4-10,17,22,26H,11H2,1-3H3,(H,23,24);4-10,21H,11H2,1-3H3,(H,22,23);3-9,19-20,24-25H,1-2H3,(H,21,22). The zero-order chi connectivity index (χ0) is 101. The van der Waals surface area contributed by atoms with Gasteiger partial charge in [0.2, 0.25) is 0 Å². The largest absolute Gasteiger partial charge is 0.509 e. The van der Waals surface area contributed by atoms with Crippen LogP contribution >= 0.6 is 0 Å². The molecule has 0 radical (unpaired) electrons. The fourth-order valence-electron chi connectivity index (χ4n) is 17.8. The van der Waals surface area contributed by atoms with Crippen molar-refractivity contribution in [2.24, 2.45) is 5.92 Å². The lowest BCUT2D eigenvalue weighted by Crippen LogP contribution is -2.39. The maximum absolute atomic E-state index is 13.5. The average molecular weight is 1930 g/mol. The van der Waals surface area contributed by atoms with Gasteiger partial charge in [0.1, 0.15) is 145 Å².